The number of amides is 1. The van der Waals surface area contributed by atoms with Gasteiger partial charge in [-0.15, -0.1) is 0 Å². The van der Waals surface area contributed by atoms with Crippen molar-refractivity contribution in [3.8, 4) is 11.8 Å². The van der Waals surface area contributed by atoms with Crippen molar-refractivity contribution in [1.29, 1.82) is 0 Å². The minimum absolute atomic E-state index is 0.149. The van der Waals surface area contributed by atoms with Crippen LogP contribution in [0.25, 0.3) is 0 Å². The zero-order valence-corrected chi connectivity index (χ0v) is 12.3. The molecule has 1 aromatic rings. The zero-order valence-electron chi connectivity index (χ0n) is 12.3. The van der Waals surface area contributed by atoms with Crippen molar-refractivity contribution >= 4 is 5.91 Å². The molecular weight excluding hydrogens is 272 g/mol. The van der Waals surface area contributed by atoms with E-state index in [-0.39, 0.29) is 12.5 Å². The van der Waals surface area contributed by atoms with Gasteiger partial charge in [-0.05, 0) is 6.07 Å². The molecule has 0 fully saturated rings. The largest absolute Gasteiger partial charge is 0.384 e. The summed E-state index contributed by atoms with van der Waals surface area (Å²) in [5, 5.41) is 8.69. The fourth-order valence-electron chi connectivity index (χ4n) is 1.67. The highest BCUT2D eigenvalue weighted by atomic mass is 16.5. The van der Waals surface area contributed by atoms with Crippen LogP contribution in [0, 0.1) is 11.8 Å². The van der Waals surface area contributed by atoms with Gasteiger partial charge in [0.25, 0.3) is 5.91 Å². The minimum Gasteiger partial charge on any atom is -0.384 e. The summed E-state index contributed by atoms with van der Waals surface area (Å²) in [5.74, 6) is 5.11. The second kappa shape index (κ2) is 9.88. The fraction of sp³-hybridized carbons (Fsp3) is 0.467. The predicted molar refractivity (Wildman–Crippen MR) is 77.9 cm³/mol. The summed E-state index contributed by atoms with van der Waals surface area (Å²) in [4.78, 5) is 18.1. The molecule has 21 heavy (non-hydrogen) atoms. The molecule has 114 valence electrons. The maximum atomic E-state index is 12.5. The third-order valence-corrected chi connectivity index (χ3v) is 2.71. The van der Waals surface area contributed by atoms with Crippen LogP contribution < -0.4 is 0 Å². The van der Waals surface area contributed by atoms with Crippen molar-refractivity contribution in [3.63, 3.8) is 0 Å². The van der Waals surface area contributed by atoms with Gasteiger partial charge in [0.2, 0.25) is 0 Å². The van der Waals surface area contributed by atoms with Crippen LogP contribution in [0.5, 0.6) is 0 Å². The zero-order chi connectivity index (χ0) is 15.5. The van der Waals surface area contributed by atoms with E-state index in [1.807, 2.05) is 0 Å². The number of pyridine rings is 1. The lowest BCUT2D eigenvalue weighted by Gasteiger charge is -2.22. The normalized spacial score (nSPS) is 9.86. The molecule has 0 unspecified atom stereocenters. The number of carbonyl (C=O) groups is 1. The van der Waals surface area contributed by atoms with E-state index in [9.17, 15) is 4.79 Å². The van der Waals surface area contributed by atoms with E-state index in [0.29, 0.717) is 37.4 Å². The first-order valence-electron chi connectivity index (χ1n) is 6.54. The molecule has 6 heteroatoms. The molecule has 0 spiro atoms. The molecule has 0 saturated carbocycles. The number of hydrogen-bond acceptors (Lipinski definition) is 5. The molecule has 1 aromatic heterocycles. The van der Waals surface area contributed by atoms with E-state index >= 15 is 0 Å². The van der Waals surface area contributed by atoms with Crippen molar-refractivity contribution in [2.75, 3.05) is 47.1 Å². The van der Waals surface area contributed by atoms with Crippen molar-refractivity contribution in [3.05, 3.63) is 29.6 Å². The van der Waals surface area contributed by atoms with Crippen LogP contribution in [-0.4, -0.2) is 68.0 Å². The second-order valence-corrected chi connectivity index (χ2v) is 4.20. The summed E-state index contributed by atoms with van der Waals surface area (Å²) in [7, 11) is 3.18. The first-order chi connectivity index (χ1) is 10.2. The molecule has 0 aliphatic carbocycles. The Morgan fingerprint density at radius 1 is 1.29 bits per heavy atom. The first-order valence-corrected chi connectivity index (χ1v) is 6.54. The summed E-state index contributed by atoms with van der Waals surface area (Å²) in [6.07, 6.45) is 3.05. The van der Waals surface area contributed by atoms with Gasteiger partial charge < -0.3 is 19.5 Å². The van der Waals surface area contributed by atoms with E-state index in [4.69, 9.17) is 14.6 Å². The van der Waals surface area contributed by atoms with Crippen LogP contribution in [-0.2, 0) is 9.47 Å². The minimum atomic E-state index is -0.230. The van der Waals surface area contributed by atoms with Gasteiger partial charge >= 0.3 is 0 Å². The van der Waals surface area contributed by atoms with Crippen LogP contribution in [0.15, 0.2) is 18.5 Å². The summed E-state index contributed by atoms with van der Waals surface area (Å²) in [6.45, 7) is 1.63. The van der Waals surface area contributed by atoms with Gasteiger partial charge in [-0.3, -0.25) is 9.78 Å². The Hall–Kier alpha value is -1.94. The molecule has 0 bridgehead atoms. The highest BCUT2D eigenvalue weighted by Crippen LogP contribution is 2.06. The highest BCUT2D eigenvalue weighted by molar-refractivity contribution is 5.94. The maximum Gasteiger partial charge on any atom is 0.255 e. The SMILES string of the molecule is COCCN(CCOC)C(=O)c1cncc(C#CCO)c1. The molecule has 1 N–H and O–H groups in total. The highest BCUT2D eigenvalue weighted by Gasteiger charge is 2.15. The lowest BCUT2D eigenvalue weighted by Crippen LogP contribution is -2.36. The molecule has 0 atom stereocenters. The number of aliphatic hydroxyl groups excluding tert-OH is 1. The van der Waals surface area contributed by atoms with Crippen molar-refractivity contribution in [2.24, 2.45) is 0 Å². The van der Waals surface area contributed by atoms with E-state index in [1.54, 1.807) is 31.4 Å². The number of rotatable bonds is 7. The smallest absolute Gasteiger partial charge is 0.255 e. The lowest BCUT2D eigenvalue weighted by molar-refractivity contribution is 0.0627. The van der Waals surface area contributed by atoms with Crippen LogP contribution in [0.1, 0.15) is 15.9 Å². The van der Waals surface area contributed by atoms with Gasteiger partial charge in [0, 0.05) is 45.3 Å². The first kappa shape index (κ1) is 17.1. The number of hydrogen-bond donors (Lipinski definition) is 1. The molecule has 1 heterocycles. The van der Waals surface area contributed by atoms with Gasteiger partial charge in [-0.2, -0.15) is 0 Å². The third-order valence-electron chi connectivity index (χ3n) is 2.71. The lowest BCUT2D eigenvalue weighted by atomic mass is 10.2. The number of nitrogens with zero attached hydrogens (tertiary/aromatic N) is 2. The number of carbonyl (C=O) groups excluding carboxylic acids is 1. The molecule has 0 radical (unpaired) electrons. The van der Waals surface area contributed by atoms with Crippen LogP contribution in [0.3, 0.4) is 0 Å². The molecule has 0 aliphatic rings. The van der Waals surface area contributed by atoms with Gasteiger partial charge in [0.15, 0.2) is 0 Å². The van der Waals surface area contributed by atoms with Gasteiger partial charge in [0.1, 0.15) is 6.61 Å². The summed E-state index contributed by atoms with van der Waals surface area (Å²) >= 11 is 0. The Kier molecular flexibility index (Phi) is 8.05. The molecule has 0 aromatic carbocycles. The topological polar surface area (TPSA) is 71.9 Å². The number of ether oxygens (including phenoxy) is 2. The van der Waals surface area contributed by atoms with Gasteiger partial charge in [0.05, 0.1) is 18.8 Å². The Morgan fingerprint density at radius 3 is 2.52 bits per heavy atom. The average molecular weight is 292 g/mol. The van der Waals surface area contributed by atoms with Gasteiger partial charge in [-0.1, -0.05) is 11.8 Å². The van der Waals surface area contributed by atoms with Crippen LogP contribution in [0.2, 0.25) is 0 Å². The van der Waals surface area contributed by atoms with Crippen LogP contribution in [0.4, 0.5) is 0 Å². The van der Waals surface area contributed by atoms with Crippen molar-refractivity contribution in [1.82, 2.24) is 9.88 Å². The van der Waals surface area contributed by atoms with E-state index in [1.165, 1.54) is 6.20 Å². The van der Waals surface area contributed by atoms with Gasteiger partial charge in [-0.25, -0.2) is 0 Å². The number of aromatic nitrogens is 1. The second-order valence-electron chi connectivity index (χ2n) is 4.20. The van der Waals surface area contributed by atoms with E-state index in [2.05, 4.69) is 16.8 Å². The molecule has 0 aliphatic heterocycles. The van der Waals surface area contributed by atoms with E-state index < -0.39 is 0 Å². The molecular formula is C15H20N2O4. The molecule has 0 saturated heterocycles. The predicted octanol–water partition coefficient (Wildman–Crippen LogP) is 0.160. The quantitative estimate of drug-likeness (QED) is 0.725. The maximum absolute atomic E-state index is 12.5. The summed E-state index contributed by atoms with van der Waals surface area (Å²) < 4.78 is 10.0. The monoisotopic (exact) mass is 292 g/mol. The summed E-state index contributed by atoms with van der Waals surface area (Å²) in [5.41, 5.74) is 1.04. The third kappa shape index (κ3) is 5.92. The Balaban J connectivity index is 2.86. The Labute approximate surface area is 124 Å². The van der Waals surface area contributed by atoms with Crippen molar-refractivity contribution < 1.29 is 19.4 Å². The molecule has 1 rings (SSSR count). The fourth-order valence-corrected chi connectivity index (χ4v) is 1.67. The summed E-state index contributed by atoms with van der Waals surface area (Å²) in [6, 6.07) is 1.66. The van der Waals surface area contributed by atoms with Crippen LogP contribution >= 0.6 is 0 Å². The molecule has 6 nitrogen and oxygen atoms in total. The Morgan fingerprint density at radius 2 is 1.95 bits per heavy atom. The van der Waals surface area contributed by atoms with E-state index in [0.717, 1.165) is 0 Å². The molecule has 1 amide bonds. The van der Waals surface area contributed by atoms with Crippen molar-refractivity contribution in [2.45, 2.75) is 0 Å². The Bertz CT molecular complexity index is 500. The average Bonchev–Trinajstić information content (AvgIpc) is 2.53. The standard InChI is InChI=1S/C15H20N2O4/c1-20-8-5-17(6-9-21-2)15(19)14-10-13(4-3-7-18)11-16-12-14/h10-12,18H,5-9H2,1-2H3. The number of methoxy groups -OCH3 is 2. The number of aliphatic hydroxyl groups is 1.